The van der Waals surface area contributed by atoms with Crippen LogP contribution in [0.1, 0.15) is 18.4 Å². The molecule has 2 fully saturated rings. The summed E-state index contributed by atoms with van der Waals surface area (Å²) in [6, 6.07) is 4.89. The van der Waals surface area contributed by atoms with E-state index in [1.165, 1.54) is 19.1 Å². The first kappa shape index (κ1) is 14.4. The lowest BCUT2D eigenvalue weighted by Gasteiger charge is -2.12. The number of rotatable bonds is 4. The molecule has 1 saturated heterocycles. The predicted molar refractivity (Wildman–Crippen MR) is 78.8 cm³/mol. The summed E-state index contributed by atoms with van der Waals surface area (Å²) in [5, 5.41) is 10.4. The summed E-state index contributed by atoms with van der Waals surface area (Å²) in [7, 11) is 2.99. The monoisotopic (exact) mass is 303 g/mol. The lowest BCUT2D eigenvalue weighted by molar-refractivity contribution is -0.125. The van der Waals surface area contributed by atoms with E-state index in [9.17, 15) is 14.7 Å². The van der Waals surface area contributed by atoms with Gasteiger partial charge in [0.25, 0.3) is 5.91 Å². The molecule has 6 heteroatoms. The number of ether oxygens (including phenoxy) is 2. The topological polar surface area (TPSA) is 76.1 Å². The number of aliphatic hydroxyl groups excluding tert-OH is 1. The van der Waals surface area contributed by atoms with Crippen LogP contribution in [0, 0.1) is 0 Å². The molecule has 1 aromatic carbocycles. The zero-order valence-electron chi connectivity index (χ0n) is 12.5. The summed E-state index contributed by atoms with van der Waals surface area (Å²) >= 11 is 0. The van der Waals surface area contributed by atoms with Crippen molar-refractivity contribution in [2.45, 2.75) is 18.9 Å². The van der Waals surface area contributed by atoms with Crippen molar-refractivity contribution in [3.8, 4) is 11.5 Å². The van der Waals surface area contributed by atoms with E-state index in [4.69, 9.17) is 9.47 Å². The van der Waals surface area contributed by atoms with E-state index >= 15 is 0 Å². The van der Waals surface area contributed by atoms with E-state index in [0.717, 1.165) is 12.8 Å². The molecule has 116 valence electrons. The van der Waals surface area contributed by atoms with E-state index in [1.807, 2.05) is 0 Å². The van der Waals surface area contributed by atoms with Crippen molar-refractivity contribution >= 4 is 17.4 Å². The van der Waals surface area contributed by atoms with Crippen molar-refractivity contribution in [2.24, 2.45) is 0 Å². The van der Waals surface area contributed by atoms with Crippen molar-refractivity contribution in [1.29, 1.82) is 0 Å². The second-order valence-electron chi connectivity index (χ2n) is 5.38. The molecule has 3 rings (SSSR count). The van der Waals surface area contributed by atoms with Gasteiger partial charge in [0.05, 0.1) is 20.8 Å². The Balaban J connectivity index is 1.99. The molecule has 1 heterocycles. The highest BCUT2D eigenvalue weighted by Gasteiger charge is 2.43. The van der Waals surface area contributed by atoms with Crippen LogP contribution in [0.2, 0.25) is 0 Å². The van der Waals surface area contributed by atoms with Gasteiger partial charge in [-0.3, -0.25) is 9.59 Å². The molecule has 1 N–H and O–H groups in total. The van der Waals surface area contributed by atoms with Crippen LogP contribution in [0.25, 0.3) is 5.76 Å². The molecule has 6 nitrogen and oxygen atoms in total. The number of likely N-dealkylation sites (tertiary alicyclic amines) is 1. The number of carbonyl (C=O) groups is 2. The Labute approximate surface area is 127 Å². The summed E-state index contributed by atoms with van der Waals surface area (Å²) < 4.78 is 10.3. The standard InChI is InChI=1S/C16H17NO5/c1-21-12-6-3-9(7-13(12)22-2)15(19)14-11(18)8-17(16(14)20)10-4-5-10/h3,6-7,10,19H,4-5,8H2,1-2H3/b15-14-. The first-order chi connectivity index (χ1) is 10.6. The normalized spacial score (nSPS) is 20.4. The molecule has 22 heavy (non-hydrogen) atoms. The van der Waals surface area contributed by atoms with Crippen LogP contribution >= 0.6 is 0 Å². The minimum atomic E-state index is -0.389. The summed E-state index contributed by atoms with van der Waals surface area (Å²) in [5.74, 6) is -0.111. The third-order valence-electron chi connectivity index (χ3n) is 3.95. The summed E-state index contributed by atoms with van der Waals surface area (Å²) in [6.45, 7) is 0.0518. The van der Waals surface area contributed by atoms with Crippen molar-refractivity contribution in [3.05, 3.63) is 29.3 Å². The summed E-state index contributed by atoms with van der Waals surface area (Å²) in [4.78, 5) is 25.9. The number of Topliss-reactive ketones (excluding diaryl/α,β-unsaturated/α-hetero) is 1. The van der Waals surface area contributed by atoms with Gasteiger partial charge in [-0.25, -0.2) is 0 Å². The average molecular weight is 303 g/mol. The highest BCUT2D eigenvalue weighted by molar-refractivity contribution is 6.28. The molecule has 1 amide bonds. The minimum Gasteiger partial charge on any atom is -0.506 e. The van der Waals surface area contributed by atoms with Gasteiger partial charge in [0.15, 0.2) is 17.3 Å². The Kier molecular flexibility index (Phi) is 3.52. The molecule has 1 saturated carbocycles. The van der Waals surface area contributed by atoms with Crippen molar-refractivity contribution in [1.82, 2.24) is 4.90 Å². The number of hydrogen-bond acceptors (Lipinski definition) is 5. The van der Waals surface area contributed by atoms with Crippen LogP contribution in [0.4, 0.5) is 0 Å². The van der Waals surface area contributed by atoms with Gasteiger partial charge in [-0.05, 0) is 31.0 Å². The Hall–Kier alpha value is -2.50. The van der Waals surface area contributed by atoms with Gasteiger partial charge in [0.2, 0.25) is 0 Å². The molecule has 1 aromatic rings. The molecule has 0 atom stereocenters. The Bertz CT molecular complexity index is 675. The Morgan fingerprint density at radius 3 is 2.45 bits per heavy atom. The number of aliphatic hydroxyl groups is 1. The maximum absolute atomic E-state index is 12.3. The zero-order valence-corrected chi connectivity index (χ0v) is 12.5. The van der Waals surface area contributed by atoms with Crippen LogP contribution in [-0.2, 0) is 9.59 Å². The van der Waals surface area contributed by atoms with Crippen molar-refractivity contribution in [2.75, 3.05) is 20.8 Å². The van der Waals surface area contributed by atoms with Gasteiger partial charge in [0.1, 0.15) is 11.3 Å². The molecular formula is C16H17NO5. The minimum absolute atomic E-state index is 0.0518. The SMILES string of the molecule is COc1ccc(/C(O)=C2\C(=O)CN(C3CC3)C2=O)cc1OC. The molecular weight excluding hydrogens is 286 g/mol. The van der Waals surface area contributed by atoms with Gasteiger partial charge < -0.3 is 19.5 Å². The van der Waals surface area contributed by atoms with Crippen molar-refractivity contribution in [3.63, 3.8) is 0 Å². The van der Waals surface area contributed by atoms with E-state index < -0.39 is 0 Å². The molecule has 0 spiro atoms. The van der Waals surface area contributed by atoms with E-state index in [0.29, 0.717) is 17.1 Å². The number of methoxy groups -OCH3 is 2. The fourth-order valence-corrected chi connectivity index (χ4v) is 2.61. The predicted octanol–water partition coefficient (Wildman–Crippen LogP) is 1.55. The maximum atomic E-state index is 12.3. The highest BCUT2D eigenvalue weighted by atomic mass is 16.5. The lowest BCUT2D eigenvalue weighted by Crippen LogP contribution is -2.27. The molecule has 0 bridgehead atoms. The smallest absolute Gasteiger partial charge is 0.262 e. The van der Waals surface area contributed by atoms with Gasteiger partial charge in [-0.1, -0.05) is 0 Å². The van der Waals surface area contributed by atoms with Gasteiger partial charge >= 0.3 is 0 Å². The molecule has 2 aliphatic rings. The highest BCUT2D eigenvalue weighted by Crippen LogP contribution is 2.35. The number of benzene rings is 1. The van der Waals surface area contributed by atoms with Crippen LogP contribution in [-0.4, -0.2) is 48.5 Å². The number of carbonyl (C=O) groups excluding carboxylic acids is 2. The summed E-state index contributed by atoms with van der Waals surface area (Å²) in [6.07, 6.45) is 1.84. The zero-order chi connectivity index (χ0) is 15.9. The molecule has 0 unspecified atom stereocenters. The van der Waals surface area contributed by atoms with Crippen LogP contribution in [0.3, 0.4) is 0 Å². The fourth-order valence-electron chi connectivity index (χ4n) is 2.61. The Morgan fingerprint density at radius 1 is 1.18 bits per heavy atom. The second-order valence-corrected chi connectivity index (χ2v) is 5.38. The number of amides is 1. The quantitative estimate of drug-likeness (QED) is 0.519. The van der Waals surface area contributed by atoms with E-state index in [1.54, 1.807) is 18.2 Å². The third-order valence-corrected chi connectivity index (χ3v) is 3.95. The molecule has 0 aromatic heterocycles. The molecule has 0 radical (unpaired) electrons. The van der Waals surface area contributed by atoms with Crippen molar-refractivity contribution < 1.29 is 24.2 Å². The third kappa shape index (κ3) is 2.30. The van der Waals surface area contributed by atoms with E-state index in [-0.39, 0.29) is 35.6 Å². The summed E-state index contributed by atoms with van der Waals surface area (Å²) in [5.41, 5.74) is 0.214. The second kappa shape index (κ2) is 5.36. The Morgan fingerprint density at radius 2 is 1.86 bits per heavy atom. The fraction of sp³-hybridized carbons (Fsp3) is 0.375. The number of hydrogen-bond donors (Lipinski definition) is 1. The first-order valence-electron chi connectivity index (χ1n) is 7.06. The van der Waals surface area contributed by atoms with Gasteiger partial charge in [-0.2, -0.15) is 0 Å². The number of ketones is 1. The largest absolute Gasteiger partial charge is 0.506 e. The van der Waals surface area contributed by atoms with Gasteiger partial charge in [0, 0.05) is 11.6 Å². The average Bonchev–Trinajstić information content (AvgIpc) is 3.32. The van der Waals surface area contributed by atoms with E-state index in [2.05, 4.69) is 0 Å². The molecule has 1 aliphatic heterocycles. The van der Waals surface area contributed by atoms with Crippen LogP contribution < -0.4 is 9.47 Å². The van der Waals surface area contributed by atoms with Gasteiger partial charge in [-0.15, -0.1) is 0 Å². The van der Waals surface area contributed by atoms with Crippen LogP contribution in [0.5, 0.6) is 11.5 Å². The lowest BCUT2D eigenvalue weighted by atomic mass is 10.1. The first-order valence-corrected chi connectivity index (χ1v) is 7.06. The molecule has 1 aliphatic carbocycles. The maximum Gasteiger partial charge on any atom is 0.262 e. The van der Waals surface area contributed by atoms with Crippen LogP contribution in [0.15, 0.2) is 23.8 Å². The number of nitrogens with zero attached hydrogens (tertiary/aromatic N) is 1.